The number of carbonyl (C=O) groups excluding carboxylic acids is 1. The summed E-state index contributed by atoms with van der Waals surface area (Å²) in [6.45, 7) is 6.54. The third kappa shape index (κ3) is 1.77. The highest BCUT2D eigenvalue weighted by Gasteiger charge is 2.68. The Kier molecular flexibility index (Phi) is 3.00. The fourth-order valence-corrected chi connectivity index (χ4v) is 7.76. The Morgan fingerprint density at radius 2 is 1.74 bits per heavy atom. The van der Waals surface area contributed by atoms with Crippen molar-refractivity contribution in [3.8, 4) is 0 Å². The number of hydrogen-bond donors (Lipinski definition) is 1. The van der Waals surface area contributed by atoms with E-state index in [2.05, 4.69) is 13.8 Å². The molecule has 2 bridgehead atoms. The zero-order valence-electron chi connectivity index (χ0n) is 14.8. The van der Waals surface area contributed by atoms with Gasteiger partial charge in [0.05, 0.1) is 5.41 Å². The molecule has 0 aromatic rings. The second-order valence-electron chi connectivity index (χ2n) is 9.96. The molecule has 0 aliphatic heterocycles. The standard InChI is InChI=1S/C20H30O3/c1-17-9-5-14-18(2)7-4-8-19(3,16(22)23)13(18)6-10-20(14,12-17)11-15(17)21/h13-14H,4-12H2,1-3H3,(H,22,23)/t13-,14-,17-,18+,19+,20-/m1/s1. The van der Waals surface area contributed by atoms with E-state index in [-0.39, 0.29) is 22.2 Å². The average Bonchev–Trinajstić information content (AvgIpc) is 2.63. The molecule has 4 saturated carbocycles. The molecule has 6 atom stereocenters. The van der Waals surface area contributed by atoms with E-state index in [9.17, 15) is 14.7 Å². The van der Waals surface area contributed by atoms with Gasteiger partial charge in [-0.1, -0.05) is 20.3 Å². The first kappa shape index (κ1) is 15.7. The molecule has 4 aliphatic carbocycles. The van der Waals surface area contributed by atoms with Crippen molar-refractivity contribution in [3.63, 3.8) is 0 Å². The molecular formula is C20H30O3. The minimum atomic E-state index is -0.604. The van der Waals surface area contributed by atoms with Crippen LogP contribution in [0.4, 0.5) is 0 Å². The topological polar surface area (TPSA) is 54.4 Å². The molecule has 4 rings (SSSR count). The first-order valence-electron chi connectivity index (χ1n) is 9.43. The van der Waals surface area contributed by atoms with Crippen LogP contribution in [0.15, 0.2) is 0 Å². The van der Waals surface area contributed by atoms with E-state index in [0.717, 1.165) is 57.8 Å². The van der Waals surface area contributed by atoms with Crippen molar-refractivity contribution in [2.45, 2.75) is 78.6 Å². The number of ketones is 1. The number of Topliss-reactive ketones (excluding diaryl/α,β-unsaturated/α-hetero) is 1. The molecule has 0 unspecified atom stereocenters. The van der Waals surface area contributed by atoms with Crippen LogP contribution in [0.1, 0.15) is 78.6 Å². The van der Waals surface area contributed by atoms with Crippen molar-refractivity contribution in [1.82, 2.24) is 0 Å². The Morgan fingerprint density at radius 1 is 1.04 bits per heavy atom. The molecule has 3 heteroatoms. The lowest BCUT2D eigenvalue weighted by atomic mass is 9.40. The van der Waals surface area contributed by atoms with Crippen molar-refractivity contribution in [3.05, 3.63) is 0 Å². The van der Waals surface area contributed by atoms with Crippen molar-refractivity contribution in [2.75, 3.05) is 0 Å². The van der Waals surface area contributed by atoms with E-state index >= 15 is 0 Å². The molecule has 1 N–H and O–H groups in total. The van der Waals surface area contributed by atoms with E-state index in [0.29, 0.717) is 11.7 Å². The predicted molar refractivity (Wildman–Crippen MR) is 87.9 cm³/mol. The predicted octanol–water partition coefficient (Wildman–Crippen LogP) is 4.44. The van der Waals surface area contributed by atoms with Crippen LogP contribution < -0.4 is 0 Å². The lowest BCUT2D eigenvalue weighted by Gasteiger charge is -2.63. The van der Waals surface area contributed by atoms with E-state index in [4.69, 9.17) is 0 Å². The van der Waals surface area contributed by atoms with Crippen LogP contribution in [0.3, 0.4) is 0 Å². The minimum absolute atomic E-state index is 0.0789. The highest BCUT2D eigenvalue weighted by Crippen LogP contribution is 2.72. The molecule has 0 radical (unpaired) electrons. The summed E-state index contributed by atoms with van der Waals surface area (Å²) in [7, 11) is 0. The lowest BCUT2D eigenvalue weighted by Crippen LogP contribution is -2.58. The highest BCUT2D eigenvalue weighted by atomic mass is 16.4. The van der Waals surface area contributed by atoms with Gasteiger partial charge in [0.1, 0.15) is 5.78 Å². The fourth-order valence-electron chi connectivity index (χ4n) is 7.76. The summed E-state index contributed by atoms with van der Waals surface area (Å²) in [5.41, 5.74) is -0.357. The molecule has 0 saturated heterocycles. The Morgan fingerprint density at radius 3 is 2.43 bits per heavy atom. The Balaban J connectivity index is 1.76. The van der Waals surface area contributed by atoms with Gasteiger partial charge in [-0.25, -0.2) is 0 Å². The van der Waals surface area contributed by atoms with Gasteiger partial charge in [0.2, 0.25) is 0 Å². The maximum Gasteiger partial charge on any atom is 0.309 e. The van der Waals surface area contributed by atoms with Gasteiger partial charge in [-0.15, -0.1) is 0 Å². The Bertz CT molecular complexity index is 583. The highest BCUT2D eigenvalue weighted by molar-refractivity contribution is 5.88. The summed E-state index contributed by atoms with van der Waals surface area (Å²) in [5, 5.41) is 9.91. The zero-order valence-corrected chi connectivity index (χ0v) is 14.8. The molecular weight excluding hydrogens is 288 g/mol. The van der Waals surface area contributed by atoms with Crippen molar-refractivity contribution < 1.29 is 14.7 Å². The van der Waals surface area contributed by atoms with Crippen LogP contribution in [-0.4, -0.2) is 16.9 Å². The number of hydrogen-bond acceptors (Lipinski definition) is 2. The van der Waals surface area contributed by atoms with Gasteiger partial charge in [0, 0.05) is 11.8 Å². The lowest BCUT2D eigenvalue weighted by molar-refractivity contribution is -0.182. The molecule has 4 aliphatic rings. The normalized spacial score (nSPS) is 55.2. The van der Waals surface area contributed by atoms with Gasteiger partial charge in [0.15, 0.2) is 0 Å². The van der Waals surface area contributed by atoms with E-state index in [1.165, 1.54) is 0 Å². The van der Waals surface area contributed by atoms with Crippen LogP contribution in [0.2, 0.25) is 0 Å². The van der Waals surface area contributed by atoms with Gasteiger partial charge < -0.3 is 5.11 Å². The maximum absolute atomic E-state index is 12.6. The molecule has 4 fully saturated rings. The van der Waals surface area contributed by atoms with Gasteiger partial charge in [-0.2, -0.15) is 0 Å². The molecule has 0 aromatic heterocycles. The van der Waals surface area contributed by atoms with E-state index in [1.807, 2.05) is 6.92 Å². The third-order valence-corrected chi connectivity index (χ3v) is 8.84. The molecule has 0 heterocycles. The van der Waals surface area contributed by atoms with E-state index in [1.54, 1.807) is 0 Å². The van der Waals surface area contributed by atoms with E-state index < -0.39 is 11.4 Å². The molecule has 1 spiro atoms. The Hall–Kier alpha value is -0.860. The number of carboxylic acids is 1. The fraction of sp³-hybridized carbons (Fsp3) is 0.900. The van der Waals surface area contributed by atoms with Crippen LogP contribution >= 0.6 is 0 Å². The first-order valence-corrected chi connectivity index (χ1v) is 9.43. The monoisotopic (exact) mass is 318 g/mol. The maximum atomic E-state index is 12.6. The van der Waals surface area contributed by atoms with Crippen LogP contribution in [0, 0.1) is 33.5 Å². The van der Waals surface area contributed by atoms with Gasteiger partial charge in [-0.3, -0.25) is 9.59 Å². The second-order valence-corrected chi connectivity index (χ2v) is 9.96. The van der Waals surface area contributed by atoms with Crippen LogP contribution in [0.25, 0.3) is 0 Å². The average molecular weight is 318 g/mol. The molecule has 0 amide bonds. The van der Waals surface area contributed by atoms with Crippen molar-refractivity contribution in [1.29, 1.82) is 0 Å². The van der Waals surface area contributed by atoms with Crippen LogP contribution in [-0.2, 0) is 9.59 Å². The van der Waals surface area contributed by atoms with Crippen molar-refractivity contribution >= 4 is 11.8 Å². The van der Waals surface area contributed by atoms with Gasteiger partial charge in [-0.05, 0) is 74.5 Å². The second kappa shape index (κ2) is 4.40. The summed E-state index contributed by atoms with van der Waals surface area (Å²) < 4.78 is 0. The smallest absolute Gasteiger partial charge is 0.309 e. The van der Waals surface area contributed by atoms with Gasteiger partial charge in [0.25, 0.3) is 0 Å². The Labute approximate surface area is 139 Å². The largest absolute Gasteiger partial charge is 0.481 e. The zero-order chi connectivity index (χ0) is 16.7. The van der Waals surface area contributed by atoms with Crippen LogP contribution in [0.5, 0.6) is 0 Å². The number of aliphatic carboxylic acids is 1. The van der Waals surface area contributed by atoms with Gasteiger partial charge >= 0.3 is 5.97 Å². The summed E-state index contributed by atoms with van der Waals surface area (Å²) in [4.78, 5) is 24.7. The number of rotatable bonds is 1. The van der Waals surface area contributed by atoms with Crippen molar-refractivity contribution in [2.24, 2.45) is 33.5 Å². The third-order valence-electron chi connectivity index (χ3n) is 8.84. The molecule has 3 nitrogen and oxygen atoms in total. The molecule has 23 heavy (non-hydrogen) atoms. The number of carbonyl (C=O) groups is 2. The SMILES string of the molecule is C[C@]12CC[C@H]3[C@](CC[C@@H]4[C@]3(C)CCC[C@]4(C)C(=O)O)(CC1=O)C2. The molecule has 0 aromatic carbocycles. The summed E-state index contributed by atoms with van der Waals surface area (Å²) in [6.07, 6.45) is 9.04. The summed E-state index contributed by atoms with van der Waals surface area (Å²) >= 11 is 0. The molecule has 128 valence electrons. The summed E-state index contributed by atoms with van der Waals surface area (Å²) in [5.74, 6) is 0.704. The number of carboxylic acid groups (broad SMARTS) is 1. The quantitative estimate of drug-likeness (QED) is 0.777. The summed E-state index contributed by atoms with van der Waals surface area (Å²) in [6, 6.07) is 0. The number of fused-ring (bicyclic) bond motifs is 3. The first-order chi connectivity index (χ1) is 10.7. The minimum Gasteiger partial charge on any atom is -0.481 e.